The summed E-state index contributed by atoms with van der Waals surface area (Å²) in [5.41, 5.74) is 5.19. The zero-order valence-electron chi connectivity index (χ0n) is 37.6. The lowest BCUT2D eigenvalue weighted by atomic mass is 10.0. The topological polar surface area (TPSA) is 67.3 Å². The highest BCUT2D eigenvalue weighted by Gasteiger charge is 2.06. The highest BCUT2D eigenvalue weighted by atomic mass is 32.1. The molecular weight excluding hydrogens is 727 g/mol. The van der Waals surface area contributed by atoms with Crippen molar-refractivity contribution in [2.75, 3.05) is 0 Å². The molecule has 0 spiro atoms. The number of aromatic nitrogens is 5. The average molecular weight is 798 g/mol. The first kappa shape index (κ1) is 50.8. The lowest BCUT2D eigenvalue weighted by molar-refractivity contribution is 0.736. The van der Waals surface area contributed by atoms with Crippen molar-refractivity contribution >= 4 is 43.2 Å². The molecule has 0 aliphatic rings. The van der Waals surface area contributed by atoms with E-state index in [1.54, 1.807) is 30.9 Å². The minimum Gasteiger partial charge on any atom is -0.361 e. The maximum atomic E-state index is 4.18. The zero-order valence-corrected chi connectivity index (χ0v) is 38.4. The van der Waals surface area contributed by atoms with Crippen LogP contribution in [0.5, 0.6) is 0 Å². The summed E-state index contributed by atoms with van der Waals surface area (Å²) in [6, 6.07) is 36.6. The number of benzene rings is 3. The Morgan fingerprint density at radius 3 is 1.43 bits per heavy atom. The van der Waals surface area contributed by atoms with Crippen molar-refractivity contribution < 1.29 is 0 Å². The van der Waals surface area contributed by atoms with E-state index in [4.69, 9.17) is 0 Å². The predicted molar refractivity (Wildman–Crippen MR) is 258 cm³/mol. The van der Waals surface area contributed by atoms with Gasteiger partial charge in [0.1, 0.15) is 6.33 Å². The molecule has 5 aromatic heterocycles. The monoisotopic (exact) mass is 798 g/mol. The molecule has 5 nitrogen and oxygen atoms in total. The molecule has 0 aliphatic carbocycles. The number of para-hydroxylation sites is 2. The Balaban J connectivity index is 0.000000346. The van der Waals surface area contributed by atoms with E-state index in [1.807, 2.05) is 60.0 Å². The maximum Gasteiger partial charge on any atom is 0.115 e. The van der Waals surface area contributed by atoms with Gasteiger partial charge in [0.15, 0.2) is 0 Å². The summed E-state index contributed by atoms with van der Waals surface area (Å²) in [5, 5.41) is 6.25. The van der Waals surface area contributed by atoms with Gasteiger partial charge in [0.25, 0.3) is 0 Å². The number of aromatic amines is 1. The molecule has 0 amide bonds. The second-order valence-electron chi connectivity index (χ2n) is 16.1. The van der Waals surface area contributed by atoms with Crippen LogP contribution >= 0.6 is 11.3 Å². The molecule has 58 heavy (non-hydrogen) atoms. The maximum absolute atomic E-state index is 4.18. The van der Waals surface area contributed by atoms with E-state index in [1.165, 1.54) is 43.8 Å². The SMILES string of the molecule is CC(C)C.CC(C)C.CC(C)C.CC(C)c1c[nH]c2ccccc12.CC(C)c1csc2ccccc12.c1ccc2ncccc2c1.c1ccncc1.c1cncnc1. The number of nitrogens with one attached hydrogen (secondary N) is 1. The van der Waals surface area contributed by atoms with Crippen LogP contribution < -0.4 is 0 Å². The van der Waals surface area contributed by atoms with Gasteiger partial charge in [0.05, 0.1) is 5.52 Å². The summed E-state index contributed by atoms with van der Waals surface area (Å²) >= 11 is 1.84. The fraction of sp³-hybridized carbons (Fsp3) is 0.346. The van der Waals surface area contributed by atoms with Gasteiger partial charge in [-0.3, -0.25) is 9.97 Å². The Labute approximate surface area is 355 Å². The van der Waals surface area contributed by atoms with Gasteiger partial charge in [0.2, 0.25) is 0 Å². The van der Waals surface area contributed by atoms with Crippen LogP contribution in [-0.4, -0.2) is 24.9 Å². The number of thiophene rings is 1. The molecule has 0 atom stereocenters. The van der Waals surface area contributed by atoms with E-state index in [-0.39, 0.29) is 0 Å². The van der Waals surface area contributed by atoms with Gasteiger partial charge in [-0.05, 0) is 93.9 Å². The molecule has 5 heterocycles. The fourth-order valence-corrected chi connectivity index (χ4v) is 5.72. The quantitative estimate of drug-likeness (QED) is 0.189. The number of fused-ring (bicyclic) bond motifs is 3. The van der Waals surface area contributed by atoms with Crippen molar-refractivity contribution in [3.63, 3.8) is 0 Å². The van der Waals surface area contributed by atoms with Crippen molar-refractivity contribution in [1.82, 2.24) is 24.9 Å². The second kappa shape index (κ2) is 30.9. The van der Waals surface area contributed by atoms with Crippen molar-refractivity contribution in [2.24, 2.45) is 17.8 Å². The average Bonchev–Trinajstić information content (AvgIpc) is 3.85. The van der Waals surface area contributed by atoms with Gasteiger partial charge >= 0.3 is 0 Å². The molecule has 0 radical (unpaired) electrons. The highest BCUT2D eigenvalue weighted by Crippen LogP contribution is 2.30. The van der Waals surface area contributed by atoms with E-state index in [2.05, 4.69) is 187 Å². The van der Waals surface area contributed by atoms with Gasteiger partial charge in [-0.15, -0.1) is 11.3 Å². The van der Waals surface area contributed by atoms with Gasteiger partial charge in [-0.1, -0.05) is 157 Å². The van der Waals surface area contributed by atoms with Crippen LogP contribution in [0.25, 0.3) is 31.9 Å². The predicted octanol–water partition coefficient (Wildman–Crippen LogP) is 16.1. The molecule has 8 rings (SSSR count). The van der Waals surface area contributed by atoms with Gasteiger partial charge in [-0.25, -0.2) is 9.97 Å². The lowest BCUT2D eigenvalue weighted by Gasteiger charge is -2.01. The standard InChI is InChI=1S/C11H13N.C11H12S.C9H7N.C5H5N.C4H4N2.3C4H10/c2*1-8(2)10-7-12-11-6-4-3-5-9(10)11;1-2-6-9-8(4-1)5-3-7-10-9;1-2-4-6-5-3-1;1-2-5-4-6-3-1;3*1-4(2)3/h3-8,12H,1-2H3;3-8H,1-2H3;1-7H;1-5H;1-4H;3*4H,1-3H3. The van der Waals surface area contributed by atoms with Gasteiger partial charge in [0, 0.05) is 58.2 Å². The Kier molecular flexibility index (Phi) is 27.1. The molecule has 0 fully saturated rings. The summed E-state index contributed by atoms with van der Waals surface area (Å²) in [7, 11) is 0. The van der Waals surface area contributed by atoms with Crippen molar-refractivity contribution in [3.8, 4) is 0 Å². The van der Waals surface area contributed by atoms with Crippen LogP contribution in [0.2, 0.25) is 0 Å². The van der Waals surface area contributed by atoms with Gasteiger partial charge in [-0.2, -0.15) is 0 Å². The zero-order chi connectivity index (χ0) is 43.1. The Morgan fingerprint density at radius 2 is 0.948 bits per heavy atom. The Bertz CT molecular complexity index is 1870. The van der Waals surface area contributed by atoms with Crippen LogP contribution in [-0.2, 0) is 0 Å². The molecule has 0 unspecified atom stereocenters. The molecule has 8 aromatic rings. The molecule has 3 aromatic carbocycles. The van der Waals surface area contributed by atoms with Crippen LogP contribution in [0.15, 0.2) is 158 Å². The van der Waals surface area contributed by atoms with Crippen LogP contribution in [0.4, 0.5) is 0 Å². The summed E-state index contributed by atoms with van der Waals surface area (Å²) < 4.78 is 1.40. The summed E-state index contributed by atoms with van der Waals surface area (Å²) in [5.74, 6) is 3.74. The number of H-pyrrole nitrogens is 1. The first-order valence-corrected chi connectivity index (χ1v) is 21.5. The summed E-state index contributed by atoms with van der Waals surface area (Å²) in [4.78, 5) is 18.6. The van der Waals surface area contributed by atoms with E-state index in [9.17, 15) is 0 Å². The smallest absolute Gasteiger partial charge is 0.115 e. The number of pyridine rings is 2. The number of hydrogen-bond acceptors (Lipinski definition) is 5. The van der Waals surface area contributed by atoms with E-state index < -0.39 is 0 Å². The minimum atomic E-state index is 0.598. The number of nitrogens with zero attached hydrogens (tertiary/aromatic N) is 4. The first-order valence-electron chi connectivity index (χ1n) is 20.6. The van der Waals surface area contributed by atoms with E-state index in [0.29, 0.717) is 11.8 Å². The molecule has 0 aliphatic heterocycles. The third kappa shape index (κ3) is 23.8. The summed E-state index contributed by atoms with van der Waals surface area (Å²) in [6.07, 6.45) is 12.3. The second-order valence-corrected chi connectivity index (χ2v) is 17.0. The number of hydrogen-bond donors (Lipinski definition) is 1. The molecule has 6 heteroatoms. The number of rotatable bonds is 2. The first-order chi connectivity index (χ1) is 27.7. The van der Waals surface area contributed by atoms with Crippen LogP contribution in [0.3, 0.4) is 0 Å². The fourth-order valence-electron chi connectivity index (χ4n) is 4.60. The molecule has 0 bridgehead atoms. The lowest BCUT2D eigenvalue weighted by Crippen LogP contribution is -1.82. The largest absolute Gasteiger partial charge is 0.361 e. The van der Waals surface area contributed by atoms with Crippen molar-refractivity contribution in [2.45, 2.75) is 102 Å². The molecule has 0 saturated heterocycles. The third-order valence-corrected chi connectivity index (χ3v) is 7.91. The molecule has 1 N–H and O–H groups in total. The van der Waals surface area contributed by atoms with Crippen molar-refractivity contribution in [3.05, 3.63) is 169 Å². The molecule has 0 saturated carbocycles. The molecule has 310 valence electrons. The minimum absolute atomic E-state index is 0.598. The Morgan fingerprint density at radius 1 is 0.448 bits per heavy atom. The van der Waals surface area contributed by atoms with Gasteiger partial charge < -0.3 is 4.98 Å². The van der Waals surface area contributed by atoms with Crippen LogP contribution in [0, 0.1) is 17.8 Å². The third-order valence-electron chi connectivity index (χ3n) is 6.93. The summed E-state index contributed by atoms with van der Waals surface area (Å²) in [6.45, 7) is 28.4. The van der Waals surface area contributed by atoms with Crippen LogP contribution in [0.1, 0.15) is 113 Å². The normalized spacial score (nSPS) is 9.90. The van der Waals surface area contributed by atoms with Crippen molar-refractivity contribution in [1.29, 1.82) is 0 Å². The molecular formula is C52H71N5S. The van der Waals surface area contributed by atoms with E-state index in [0.717, 1.165) is 23.3 Å². The highest BCUT2D eigenvalue weighted by molar-refractivity contribution is 7.17. The van der Waals surface area contributed by atoms with E-state index >= 15 is 0 Å². The Hall–Kier alpha value is -5.20.